The maximum Gasteiger partial charge on any atom is 0.255 e. The van der Waals surface area contributed by atoms with Crippen molar-refractivity contribution in [1.82, 2.24) is 20.9 Å². The standard InChI is InChI=1S/C22H28N4O3/c27-19-5-4-18(21(28)25-19)26-12-15-3-1-2-14(20(15)22(26)29)11-24-17-8-16(9-17)13-6-7-23-10-13/h1-3,13,16-18,23-24H,4-12H2,(H,25,27,28). The number of carbonyl (C=O) groups is 3. The van der Waals surface area contributed by atoms with Crippen LogP contribution in [0.1, 0.15) is 53.6 Å². The molecule has 0 radical (unpaired) electrons. The van der Waals surface area contributed by atoms with E-state index in [0.717, 1.165) is 41.6 Å². The maximum absolute atomic E-state index is 13.1. The minimum atomic E-state index is -0.555. The molecule has 2 saturated heterocycles. The monoisotopic (exact) mass is 396 g/mol. The van der Waals surface area contributed by atoms with Gasteiger partial charge in [0.1, 0.15) is 6.04 Å². The van der Waals surface area contributed by atoms with Crippen molar-refractivity contribution < 1.29 is 14.4 Å². The smallest absolute Gasteiger partial charge is 0.255 e. The molecule has 1 aromatic carbocycles. The van der Waals surface area contributed by atoms with Crippen LogP contribution < -0.4 is 16.0 Å². The predicted molar refractivity (Wildman–Crippen MR) is 107 cm³/mol. The van der Waals surface area contributed by atoms with E-state index < -0.39 is 6.04 Å². The van der Waals surface area contributed by atoms with Crippen LogP contribution in [0.25, 0.3) is 0 Å². The molecule has 1 aromatic rings. The molecule has 1 saturated carbocycles. The maximum atomic E-state index is 13.1. The van der Waals surface area contributed by atoms with Crippen LogP contribution in [-0.4, -0.2) is 47.8 Å². The first-order valence-electron chi connectivity index (χ1n) is 10.8. The third-order valence-electron chi connectivity index (χ3n) is 7.16. The predicted octanol–water partition coefficient (Wildman–Crippen LogP) is 0.925. The lowest BCUT2D eigenvalue weighted by molar-refractivity contribution is -0.136. The van der Waals surface area contributed by atoms with Gasteiger partial charge in [0, 0.05) is 31.1 Å². The summed E-state index contributed by atoms with van der Waals surface area (Å²) in [5, 5.41) is 9.45. The molecule has 2 atom stereocenters. The van der Waals surface area contributed by atoms with Gasteiger partial charge in [0.15, 0.2) is 0 Å². The summed E-state index contributed by atoms with van der Waals surface area (Å²) in [6, 6.07) is 5.94. The Labute approximate surface area is 170 Å². The van der Waals surface area contributed by atoms with E-state index in [1.165, 1.54) is 19.3 Å². The summed E-state index contributed by atoms with van der Waals surface area (Å²) in [6.07, 6.45) is 4.42. The van der Waals surface area contributed by atoms with E-state index in [1.54, 1.807) is 4.90 Å². The molecule has 2 unspecified atom stereocenters. The quantitative estimate of drug-likeness (QED) is 0.644. The van der Waals surface area contributed by atoms with E-state index in [1.807, 2.05) is 18.2 Å². The van der Waals surface area contributed by atoms with E-state index in [0.29, 0.717) is 25.6 Å². The van der Waals surface area contributed by atoms with E-state index in [4.69, 9.17) is 0 Å². The van der Waals surface area contributed by atoms with Gasteiger partial charge in [0.2, 0.25) is 11.8 Å². The van der Waals surface area contributed by atoms with E-state index >= 15 is 0 Å². The minimum absolute atomic E-state index is 0.0876. The number of rotatable bonds is 5. The molecule has 3 heterocycles. The van der Waals surface area contributed by atoms with Crippen LogP contribution in [0.15, 0.2) is 18.2 Å². The van der Waals surface area contributed by atoms with Crippen LogP contribution in [0.4, 0.5) is 0 Å². The zero-order valence-electron chi connectivity index (χ0n) is 16.6. The molecule has 0 spiro atoms. The molecule has 154 valence electrons. The molecular formula is C22H28N4O3. The van der Waals surface area contributed by atoms with Gasteiger partial charge >= 0.3 is 0 Å². The molecule has 3 aliphatic heterocycles. The number of nitrogens with one attached hydrogen (secondary N) is 3. The van der Waals surface area contributed by atoms with Crippen LogP contribution in [-0.2, 0) is 22.7 Å². The molecule has 0 aromatic heterocycles. The van der Waals surface area contributed by atoms with Crippen molar-refractivity contribution in [2.24, 2.45) is 11.8 Å². The summed E-state index contributed by atoms with van der Waals surface area (Å²) in [7, 11) is 0. The third kappa shape index (κ3) is 3.46. The molecular weight excluding hydrogens is 368 g/mol. The Morgan fingerprint density at radius 1 is 1.10 bits per heavy atom. The summed E-state index contributed by atoms with van der Waals surface area (Å²) in [6.45, 7) is 3.43. The summed E-state index contributed by atoms with van der Waals surface area (Å²) >= 11 is 0. The fourth-order valence-electron chi connectivity index (χ4n) is 5.38. The van der Waals surface area contributed by atoms with Crippen LogP contribution in [0, 0.1) is 11.8 Å². The zero-order valence-corrected chi connectivity index (χ0v) is 16.6. The fourth-order valence-corrected chi connectivity index (χ4v) is 5.38. The highest BCUT2D eigenvalue weighted by Crippen LogP contribution is 2.37. The summed E-state index contributed by atoms with van der Waals surface area (Å²) in [4.78, 5) is 38.4. The second-order valence-corrected chi connectivity index (χ2v) is 8.91. The Balaban J connectivity index is 1.22. The Morgan fingerprint density at radius 3 is 2.72 bits per heavy atom. The van der Waals surface area contributed by atoms with Gasteiger partial charge in [-0.05, 0) is 61.7 Å². The number of benzene rings is 1. The normalized spacial score (nSPS) is 31.6. The van der Waals surface area contributed by atoms with Gasteiger partial charge in [-0.25, -0.2) is 0 Å². The first-order valence-corrected chi connectivity index (χ1v) is 10.8. The molecule has 7 heteroatoms. The van der Waals surface area contributed by atoms with Crippen LogP contribution >= 0.6 is 0 Å². The second-order valence-electron chi connectivity index (χ2n) is 8.91. The van der Waals surface area contributed by atoms with Crippen molar-refractivity contribution in [2.45, 2.75) is 57.3 Å². The topological polar surface area (TPSA) is 90.5 Å². The van der Waals surface area contributed by atoms with Gasteiger partial charge in [-0.1, -0.05) is 18.2 Å². The number of imide groups is 1. The van der Waals surface area contributed by atoms with Crippen molar-refractivity contribution in [3.63, 3.8) is 0 Å². The average Bonchev–Trinajstić information content (AvgIpc) is 3.30. The van der Waals surface area contributed by atoms with Gasteiger partial charge in [0.25, 0.3) is 5.91 Å². The van der Waals surface area contributed by atoms with Gasteiger partial charge < -0.3 is 15.5 Å². The number of nitrogens with zero attached hydrogens (tertiary/aromatic N) is 1. The van der Waals surface area contributed by atoms with Gasteiger partial charge in [-0.3, -0.25) is 19.7 Å². The van der Waals surface area contributed by atoms with Gasteiger partial charge in [0.05, 0.1) is 0 Å². The lowest BCUT2D eigenvalue weighted by Gasteiger charge is -2.39. The average molecular weight is 396 g/mol. The number of hydrogen-bond acceptors (Lipinski definition) is 5. The number of amides is 3. The fraction of sp³-hybridized carbons (Fsp3) is 0.591. The second kappa shape index (κ2) is 7.54. The molecule has 5 rings (SSSR count). The molecule has 3 amide bonds. The Bertz CT molecular complexity index is 842. The molecule has 3 fully saturated rings. The minimum Gasteiger partial charge on any atom is -0.322 e. The Kier molecular flexibility index (Phi) is 4.87. The van der Waals surface area contributed by atoms with Gasteiger partial charge in [-0.2, -0.15) is 0 Å². The van der Waals surface area contributed by atoms with E-state index in [2.05, 4.69) is 16.0 Å². The molecule has 29 heavy (non-hydrogen) atoms. The van der Waals surface area contributed by atoms with Crippen LogP contribution in [0.5, 0.6) is 0 Å². The highest BCUT2D eigenvalue weighted by atomic mass is 16.2. The van der Waals surface area contributed by atoms with Crippen molar-refractivity contribution in [3.05, 3.63) is 34.9 Å². The zero-order chi connectivity index (χ0) is 20.0. The molecule has 3 N–H and O–H groups in total. The van der Waals surface area contributed by atoms with Gasteiger partial charge in [-0.15, -0.1) is 0 Å². The first-order chi connectivity index (χ1) is 14.1. The number of piperidine rings is 1. The molecule has 1 aliphatic carbocycles. The van der Waals surface area contributed by atoms with Crippen molar-refractivity contribution in [3.8, 4) is 0 Å². The molecule has 4 aliphatic rings. The molecule has 7 nitrogen and oxygen atoms in total. The Morgan fingerprint density at radius 2 is 1.97 bits per heavy atom. The number of fused-ring (bicyclic) bond motifs is 1. The van der Waals surface area contributed by atoms with E-state index in [-0.39, 0.29) is 24.1 Å². The largest absolute Gasteiger partial charge is 0.322 e. The van der Waals surface area contributed by atoms with Crippen LogP contribution in [0.3, 0.4) is 0 Å². The summed E-state index contributed by atoms with van der Waals surface area (Å²) < 4.78 is 0. The molecule has 0 bridgehead atoms. The lowest BCUT2D eigenvalue weighted by atomic mass is 9.72. The summed E-state index contributed by atoms with van der Waals surface area (Å²) in [5.74, 6) is 0.957. The van der Waals surface area contributed by atoms with Crippen LogP contribution in [0.2, 0.25) is 0 Å². The third-order valence-corrected chi connectivity index (χ3v) is 7.16. The Hall–Kier alpha value is -2.25. The van der Waals surface area contributed by atoms with E-state index in [9.17, 15) is 14.4 Å². The van der Waals surface area contributed by atoms with Crippen molar-refractivity contribution in [1.29, 1.82) is 0 Å². The number of hydrogen-bond donors (Lipinski definition) is 3. The SMILES string of the molecule is O=C1CCC(N2Cc3cccc(CNC4CC(C5CCNC5)C4)c3C2=O)C(=O)N1. The van der Waals surface area contributed by atoms with Crippen molar-refractivity contribution >= 4 is 17.7 Å². The first kappa shape index (κ1) is 18.8. The van der Waals surface area contributed by atoms with Crippen molar-refractivity contribution in [2.75, 3.05) is 13.1 Å². The highest BCUT2D eigenvalue weighted by Gasteiger charge is 2.40. The lowest BCUT2D eigenvalue weighted by Crippen LogP contribution is -2.52. The summed E-state index contributed by atoms with van der Waals surface area (Å²) in [5.41, 5.74) is 2.72. The number of carbonyl (C=O) groups excluding carboxylic acids is 3. The highest BCUT2D eigenvalue weighted by molar-refractivity contribution is 6.05.